The van der Waals surface area contributed by atoms with Gasteiger partial charge in [-0.3, -0.25) is 19.0 Å². The molecule has 1 aliphatic heterocycles. The number of anilines is 1. The summed E-state index contributed by atoms with van der Waals surface area (Å²) < 4.78 is 15.4. The maximum absolute atomic E-state index is 13.7. The number of halogens is 1. The topological polar surface area (TPSA) is 146 Å². The second kappa shape index (κ2) is 16.5. The summed E-state index contributed by atoms with van der Waals surface area (Å²) in [7, 11) is 9.25. The maximum Gasteiger partial charge on any atom is 0.336 e. The Hall–Kier alpha value is -6.92. The van der Waals surface area contributed by atoms with Crippen molar-refractivity contribution in [2.45, 2.75) is 13.3 Å². The molecule has 2 amide bonds. The molecule has 12 nitrogen and oxygen atoms in total. The van der Waals surface area contributed by atoms with E-state index < -0.39 is 11.9 Å². The van der Waals surface area contributed by atoms with E-state index in [9.17, 15) is 24.3 Å². The molecule has 1 aliphatic carbocycles. The van der Waals surface area contributed by atoms with Gasteiger partial charge in [0.25, 0.3) is 11.8 Å². The molecule has 0 fully saturated rings. The summed E-state index contributed by atoms with van der Waals surface area (Å²) in [4.78, 5) is 55.3. The van der Waals surface area contributed by atoms with Crippen LogP contribution in [0.15, 0.2) is 101 Å². The number of nitrogens with zero attached hydrogens (tertiary/aromatic N) is 3. The third-order valence-electron chi connectivity index (χ3n) is 10.4. The number of nitrogens with one attached hydrogen (secondary N) is 2. The smallest absolute Gasteiger partial charge is 0.336 e. The number of hydrogen-bond donors (Lipinski definition) is 3. The molecule has 7 rings (SSSR count). The Kier molecular flexibility index (Phi) is 11.3. The van der Waals surface area contributed by atoms with Crippen LogP contribution in [-0.2, 0) is 11.2 Å². The van der Waals surface area contributed by atoms with E-state index in [1.54, 1.807) is 67.1 Å². The van der Waals surface area contributed by atoms with E-state index >= 15 is 0 Å². The van der Waals surface area contributed by atoms with Crippen LogP contribution in [0.1, 0.15) is 42.3 Å². The molecule has 1 aromatic heterocycles. The van der Waals surface area contributed by atoms with Crippen LogP contribution in [0.3, 0.4) is 0 Å². The van der Waals surface area contributed by atoms with Crippen molar-refractivity contribution in [1.29, 1.82) is 0 Å². The van der Waals surface area contributed by atoms with Gasteiger partial charge in [-0.15, -0.1) is 0 Å². The fourth-order valence-corrected chi connectivity index (χ4v) is 7.42. The highest BCUT2D eigenvalue weighted by molar-refractivity contribution is 6.30. The molecule has 2 aliphatic rings. The number of ether oxygens (including phenoxy) is 1. The summed E-state index contributed by atoms with van der Waals surface area (Å²) in [5.74, 6) is -1.01. The molecule has 13 heteroatoms. The lowest BCUT2D eigenvalue weighted by Crippen LogP contribution is -2.35. The minimum Gasteiger partial charge on any atom is -0.497 e. The monoisotopic (exact) mass is 812 g/mol. The number of fused-ring (bicyclic) bond motifs is 3. The van der Waals surface area contributed by atoms with Crippen molar-refractivity contribution < 1.29 is 33.4 Å². The number of carbonyl (C=O) groups excluding carboxylic acids is 3. The number of benzene rings is 5. The van der Waals surface area contributed by atoms with Crippen LogP contribution in [0, 0.1) is 6.92 Å². The molecular weight excluding hydrogens is 770 g/mol. The van der Waals surface area contributed by atoms with Crippen LogP contribution in [0.2, 0.25) is 5.02 Å². The summed E-state index contributed by atoms with van der Waals surface area (Å²) in [6.45, 7) is 2.01. The fraction of sp³-hybridized carbons (Fsp3) is 0.196. The molecule has 0 unspecified atom stereocenters. The fourth-order valence-electron chi connectivity index (χ4n) is 7.29. The second-order valence-corrected chi connectivity index (χ2v) is 15.0. The number of carboxylic acid groups (broad SMARTS) is 1. The molecule has 2 heterocycles. The molecular formula is C46H43ClN5O7+. The van der Waals surface area contributed by atoms with Crippen LogP contribution in [0.4, 0.5) is 5.69 Å². The van der Waals surface area contributed by atoms with Gasteiger partial charge in [0.15, 0.2) is 0 Å². The summed E-state index contributed by atoms with van der Waals surface area (Å²) in [6.07, 6.45) is -0.0261. The van der Waals surface area contributed by atoms with E-state index in [1.807, 2.05) is 74.1 Å². The number of aromatic carboxylic acids is 1. The Balaban J connectivity index is 1.12. The molecule has 0 spiro atoms. The van der Waals surface area contributed by atoms with Crippen LogP contribution in [0.5, 0.6) is 5.75 Å². The Morgan fingerprint density at radius 2 is 1.56 bits per heavy atom. The number of amides is 2. The standard InChI is InChI=1S/C46H42ClN5O7/c1-26-36(37-24-32(58-6)14-18-39(37)52(26)45(55)27-7-10-29(47)11-8-27)25-42(53)48-19-20-49-44(54)28-9-15-33(46(56)57)38(21-28)43-34-16-12-30(50(2)3)22-40(34)59-41-23-31(51(4)5)13-17-35(41)43/h7-18,21-24H,19-20,25H2,1-6H3,(H2-,48,49,53,54,56,57)/p+1. The van der Waals surface area contributed by atoms with Crippen molar-refractivity contribution in [3.63, 3.8) is 0 Å². The molecule has 0 atom stereocenters. The van der Waals surface area contributed by atoms with E-state index in [2.05, 4.69) is 10.6 Å². The normalized spacial score (nSPS) is 11.2. The number of methoxy groups -OCH3 is 1. The van der Waals surface area contributed by atoms with Gasteiger partial charge < -0.3 is 29.8 Å². The first kappa shape index (κ1) is 40.3. The minimum atomic E-state index is -1.14. The largest absolute Gasteiger partial charge is 0.497 e. The van der Waals surface area contributed by atoms with Crippen LogP contribution < -0.4 is 30.2 Å². The lowest BCUT2D eigenvalue weighted by atomic mass is 9.89. The Morgan fingerprint density at radius 1 is 0.831 bits per heavy atom. The lowest BCUT2D eigenvalue weighted by Gasteiger charge is -2.19. The van der Waals surface area contributed by atoms with Crippen molar-refractivity contribution in [2.24, 2.45) is 0 Å². The molecule has 0 radical (unpaired) electrons. The zero-order chi connectivity index (χ0) is 42.1. The zero-order valence-corrected chi connectivity index (χ0v) is 34.2. The third-order valence-corrected chi connectivity index (χ3v) is 10.7. The predicted molar refractivity (Wildman–Crippen MR) is 230 cm³/mol. The number of carbonyl (C=O) groups is 4. The molecule has 5 aromatic rings. The van der Waals surface area contributed by atoms with E-state index in [1.165, 1.54) is 12.1 Å². The van der Waals surface area contributed by atoms with Gasteiger partial charge in [0.05, 0.1) is 30.7 Å². The lowest BCUT2D eigenvalue weighted by molar-refractivity contribution is -0.120. The summed E-state index contributed by atoms with van der Waals surface area (Å²) in [6, 6.07) is 28.0. The Bertz CT molecular complexity index is 2850. The molecule has 0 bridgehead atoms. The zero-order valence-electron chi connectivity index (χ0n) is 33.5. The average Bonchev–Trinajstić information content (AvgIpc) is 3.49. The Labute approximate surface area is 345 Å². The van der Waals surface area contributed by atoms with Gasteiger partial charge in [0.2, 0.25) is 11.3 Å². The summed E-state index contributed by atoms with van der Waals surface area (Å²) >= 11 is 6.06. The van der Waals surface area contributed by atoms with E-state index in [0.717, 1.165) is 11.0 Å². The number of hydrogen-bond acceptors (Lipinski definition) is 7. The SMILES string of the molecule is COc1ccc2c(c1)c(CC(=O)NCCNC(=O)c1ccc(C(=O)O)c(-c3c4ccc(=[N+](C)C)cc-4oc4cc(N(C)C)ccc34)c1)c(C)n2C(=O)c1ccc(Cl)cc1. The van der Waals surface area contributed by atoms with Crippen molar-refractivity contribution in [1.82, 2.24) is 19.8 Å². The van der Waals surface area contributed by atoms with Crippen LogP contribution in [-0.4, -0.2) is 81.8 Å². The van der Waals surface area contributed by atoms with Gasteiger partial charge in [-0.2, -0.15) is 0 Å². The summed E-state index contributed by atoms with van der Waals surface area (Å²) in [5.41, 5.74) is 5.77. The van der Waals surface area contributed by atoms with Gasteiger partial charge in [-0.05, 0) is 96.9 Å². The number of aromatic nitrogens is 1. The van der Waals surface area contributed by atoms with Gasteiger partial charge in [0.1, 0.15) is 31.2 Å². The maximum atomic E-state index is 13.7. The highest BCUT2D eigenvalue weighted by Gasteiger charge is 2.25. The molecule has 4 aromatic carbocycles. The van der Waals surface area contributed by atoms with Crippen LogP contribution >= 0.6 is 11.6 Å². The number of carboxylic acids is 1. The second-order valence-electron chi connectivity index (χ2n) is 14.6. The quantitative estimate of drug-likeness (QED) is 0.0744. The average molecular weight is 813 g/mol. The van der Waals surface area contributed by atoms with Crippen LogP contribution in [0.25, 0.3) is 44.3 Å². The van der Waals surface area contributed by atoms with Crippen molar-refractivity contribution >= 4 is 62.9 Å². The molecule has 0 saturated carbocycles. The van der Waals surface area contributed by atoms with Crippen molar-refractivity contribution in [2.75, 3.05) is 53.3 Å². The van der Waals surface area contributed by atoms with Gasteiger partial charge in [-0.25, -0.2) is 9.37 Å². The van der Waals surface area contributed by atoms with Crippen molar-refractivity contribution in [3.05, 3.63) is 135 Å². The summed E-state index contributed by atoms with van der Waals surface area (Å²) in [5, 5.41) is 18.9. The first-order chi connectivity index (χ1) is 28.2. The van der Waals surface area contributed by atoms with Crippen molar-refractivity contribution in [3.8, 4) is 28.2 Å². The van der Waals surface area contributed by atoms with E-state index in [4.69, 9.17) is 20.8 Å². The third kappa shape index (κ3) is 7.99. The van der Waals surface area contributed by atoms with E-state index in [0.29, 0.717) is 71.9 Å². The molecule has 59 heavy (non-hydrogen) atoms. The van der Waals surface area contributed by atoms with E-state index in [-0.39, 0.29) is 42.5 Å². The molecule has 300 valence electrons. The molecule has 3 N–H and O–H groups in total. The molecule has 0 saturated heterocycles. The first-order valence-corrected chi connectivity index (χ1v) is 19.2. The van der Waals surface area contributed by atoms with Gasteiger partial charge >= 0.3 is 5.97 Å². The van der Waals surface area contributed by atoms with Gasteiger partial charge in [-0.1, -0.05) is 11.6 Å². The predicted octanol–water partition coefficient (Wildman–Crippen LogP) is 6.70. The number of rotatable bonds is 11. The highest BCUT2D eigenvalue weighted by Crippen LogP contribution is 2.42. The Morgan fingerprint density at radius 3 is 2.25 bits per heavy atom. The first-order valence-electron chi connectivity index (χ1n) is 18.8. The minimum absolute atomic E-state index is 0.0261. The van der Waals surface area contributed by atoms with Gasteiger partial charge in [0, 0.05) is 88.7 Å². The highest BCUT2D eigenvalue weighted by atomic mass is 35.5.